The van der Waals surface area contributed by atoms with Crippen LogP contribution >= 0.6 is 11.3 Å². The molecule has 2 aromatic heterocycles. The second-order valence-electron chi connectivity index (χ2n) is 7.98. The molecule has 2 aromatic rings. The van der Waals surface area contributed by atoms with E-state index in [-0.39, 0.29) is 5.56 Å². The van der Waals surface area contributed by atoms with Crippen LogP contribution in [-0.4, -0.2) is 20.1 Å². The van der Waals surface area contributed by atoms with Crippen LogP contribution in [0.1, 0.15) is 49.2 Å². The third-order valence-corrected chi connectivity index (χ3v) is 6.98. The van der Waals surface area contributed by atoms with Gasteiger partial charge in [-0.1, -0.05) is 11.3 Å². The van der Waals surface area contributed by atoms with Crippen molar-refractivity contribution in [3.8, 4) is 0 Å². The Morgan fingerprint density at radius 1 is 1.26 bits per heavy atom. The largest absolute Gasteiger partial charge is 0.305 e. The topological polar surface area (TPSA) is 59.3 Å². The Morgan fingerprint density at radius 2 is 1.91 bits per heavy atom. The molecule has 1 N–H and O–H groups in total. The Balaban J connectivity index is 1.38. The van der Waals surface area contributed by atoms with Crippen molar-refractivity contribution in [3.63, 3.8) is 0 Å². The molecular formula is C17H22N4OS. The van der Waals surface area contributed by atoms with E-state index in [1.165, 1.54) is 54.4 Å². The molecule has 0 spiro atoms. The number of rotatable bonds is 3. The van der Waals surface area contributed by atoms with Crippen molar-refractivity contribution in [2.75, 3.05) is 0 Å². The average Bonchev–Trinajstić information content (AvgIpc) is 2.87. The molecule has 122 valence electrons. The van der Waals surface area contributed by atoms with E-state index < -0.39 is 0 Å². The first-order valence-corrected chi connectivity index (χ1v) is 9.52. The standard InChI is InChI=1S/C17H22N4OS/c1-10-2-15(22)21-16(19-10)23-14(20-21)9-18-17-6-11-3-12(7-17)5-13(4-11)8-17/h2,11-13,18H,3-9H2,1H3. The van der Waals surface area contributed by atoms with Crippen LogP contribution in [0.15, 0.2) is 10.9 Å². The molecule has 6 heteroatoms. The molecule has 5 nitrogen and oxygen atoms in total. The number of hydrogen-bond acceptors (Lipinski definition) is 5. The summed E-state index contributed by atoms with van der Waals surface area (Å²) in [5, 5.41) is 9.28. The highest BCUT2D eigenvalue weighted by molar-refractivity contribution is 7.16. The maximum absolute atomic E-state index is 12.0. The molecule has 6 rings (SSSR count). The Bertz CT molecular complexity index is 788. The third kappa shape index (κ3) is 2.34. The zero-order chi connectivity index (χ0) is 15.6. The van der Waals surface area contributed by atoms with E-state index in [2.05, 4.69) is 15.4 Å². The maximum atomic E-state index is 12.0. The van der Waals surface area contributed by atoms with Crippen LogP contribution in [0, 0.1) is 24.7 Å². The molecule has 0 radical (unpaired) electrons. The van der Waals surface area contributed by atoms with E-state index in [1.807, 2.05) is 6.92 Å². The lowest BCUT2D eigenvalue weighted by Crippen LogP contribution is -2.58. The summed E-state index contributed by atoms with van der Waals surface area (Å²) in [5.41, 5.74) is 1.02. The van der Waals surface area contributed by atoms with Crippen molar-refractivity contribution in [1.82, 2.24) is 19.9 Å². The highest BCUT2D eigenvalue weighted by Crippen LogP contribution is 2.55. The van der Waals surface area contributed by atoms with Crippen molar-refractivity contribution in [1.29, 1.82) is 0 Å². The van der Waals surface area contributed by atoms with Gasteiger partial charge in [-0.25, -0.2) is 4.98 Å². The smallest absolute Gasteiger partial charge is 0.275 e. The summed E-state index contributed by atoms with van der Waals surface area (Å²) in [6.07, 6.45) is 8.38. The lowest BCUT2D eigenvalue weighted by molar-refractivity contribution is -0.0206. The van der Waals surface area contributed by atoms with Gasteiger partial charge in [-0.2, -0.15) is 9.61 Å². The van der Waals surface area contributed by atoms with E-state index in [1.54, 1.807) is 6.07 Å². The number of nitrogens with zero attached hydrogens (tertiary/aromatic N) is 3. The quantitative estimate of drug-likeness (QED) is 0.939. The van der Waals surface area contributed by atoms with Crippen molar-refractivity contribution in [3.05, 3.63) is 27.1 Å². The van der Waals surface area contributed by atoms with Crippen LogP contribution in [0.3, 0.4) is 0 Å². The summed E-state index contributed by atoms with van der Waals surface area (Å²) >= 11 is 1.53. The van der Waals surface area contributed by atoms with Crippen LogP contribution in [0.5, 0.6) is 0 Å². The molecular weight excluding hydrogens is 308 g/mol. The van der Waals surface area contributed by atoms with Gasteiger partial charge in [-0.15, -0.1) is 0 Å². The predicted molar refractivity (Wildman–Crippen MR) is 89.6 cm³/mol. The summed E-state index contributed by atoms with van der Waals surface area (Å²) in [4.78, 5) is 17.1. The van der Waals surface area contributed by atoms with Gasteiger partial charge in [0.15, 0.2) is 0 Å². The molecule has 0 aliphatic heterocycles. The second kappa shape index (κ2) is 4.86. The fraction of sp³-hybridized carbons (Fsp3) is 0.706. The molecule has 0 amide bonds. The summed E-state index contributed by atoms with van der Waals surface area (Å²) < 4.78 is 1.44. The molecule has 4 aliphatic rings. The van der Waals surface area contributed by atoms with Gasteiger partial charge in [0, 0.05) is 17.3 Å². The second-order valence-corrected chi connectivity index (χ2v) is 9.02. The molecule has 23 heavy (non-hydrogen) atoms. The molecule has 0 saturated heterocycles. The number of aromatic nitrogens is 3. The summed E-state index contributed by atoms with van der Waals surface area (Å²) in [6.45, 7) is 2.62. The van der Waals surface area contributed by atoms with Gasteiger partial charge in [0.1, 0.15) is 5.01 Å². The van der Waals surface area contributed by atoms with Gasteiger partial charge >= 0.3 is 0 Å². The molecule has 0 atom stereocenters. The average molecular weight is 330 g/mol. The molecule has 4 fully saturated rings. The Hall–Kier alpha value is -1.27. The minimum absolute atomic E-state index is 0.0789. The Morgan fingerprint density at radius 3 is 2.57 bits per heavy atom. The van der Waals surface area contributed by atoms with E-state index in [9.17, 15) is 4.79 Å². The zero-order valence-corrected chi connectivity index (χ0v) is 14.2. The van der Waals surface area contributed by atoms with E-state index in [4.69, 9.17) is 0 Å². The van der Waals surface area contributed by atoms with Crippen LogP contribution in [0.25, 0.3) is 4.96 Å². The molecule has 4 aliphatic carbocycles. The fourth-order valence-electron chi connectivity index (χ4n) is 5.62. The fourth-order valence-corrected chi connectivity index (χ4v) is 6.51. The van der Waals surface area contributed by atoms with E-state index >= 15 is 0 Å². The Kier molecular flexibility index (Phi) is 2.98. The van der Waals surface area contributed by atoms with Crippen LogP contribution < -0.4 is 10.9 Å². The SMILES string of the molecule is Cc1cc(=O)n2nc(CNC34CC5CC(CC(C5)C3)C4)sc2n1. The predicted octanol–water partition coefficient (Wildman–Crippen LogP) is 2.52. The van der Waals surface area contributed by atoms with E-state index in [0.29, 0.717) is 10.5 Å². The van der Waals surface area contributed by atoms with E-state index in [0.717, 1.165) is 35.0 Å². The summed E-state index contributed by atoms with van der Waals surface area (Å²) in [5.74, 6) is 2.82. The van der Waals surface area contributed by atoms with Crippen LogP contribution in [0.4, 0.5) is 0 Å². The van der Waals surface area contributed by atoms with Gasteiger partial charge in [0.2, 0.25) is 4.96 Å². The highest BCUT2D eigenvalue weighted by Gasteiger charge is 2.50. The minimum Gasteiger partial charge on any atom is -0.305 e. The third-order valence-electron chi connectivity index (χ3n) is 6.07. The summed E-state index contributed by atoms with van der Waals surface area (Å²) in [7, 11) is 0. The van der Waals surface area contributed by atoms with Crippen molar-refractivity contribution in [2.45, 2.75) is 57.5 Å². The molecule has 0 aromatic carbocycles. The molecule has 4 saturated carbocycles. The monoisotopic (exact) mass is 330 g/mol. The van der Waals surface area contributed by atoms with Gasteiger partial charge < -0.3 is 5.32 Å². The summed E-state index contributed by atoms with van der Waals surface area (Å²) in [6, 6.07) is 1.54. The zero-order valence-electron chi connectivity index (χ0n) is 13.4. The van der Waals surface area contributed by atoms with Crippen molar-refractivity contribution >= 4 is 16.3 Å². The number of hydrogen-bond donors (Lipinski definition) is 1. The first-order valence-electron chi connectivity index (χ1n) is 8.70. The minimum atomic E-state index is -0.0789. The van der Waals surface area contributed by atoms with Crippen molar-refractivity contribution < 1.29 is 0 Å². The molecule has 2 heterocycles. The first-order chi connectivity index (χ1) is 11.1. The number of nitrogens with one attached hydrogen (secondary N) is 1. The normalized spacial score (nSPS) is 35.3. The maximum Gasteiger partial charge on any atom is 0.275 e. The van der Waals surface area contributed by atoms with Crippen LogP contribution in [-0.2, 0) is 6.54 Å². The first kappa shape index (κ1) is 14.1. The van der Waals surface area contributed by atoms with Crippen LogP contribution in [0.2, 0.25) is 0 Å². The lowest BCUT2D eigenvalue weighted by Gasteiger charge is -2.57. The highest BCUT2D eigenvalue weighted by atomic mass is 32.1. The number of aryl methyl sites for hydroxylation is 1. The van der Waals surface area contributed by atoms with Gasteiger partial charge in [0.05, 0.1) is 6.54 Å². The van der Waals surface area contributed by atoms with Gasteiger partial charge in [0.25, 0.3) is 5.56 Å². The lowest BCUT2D eigenvalue weighted by atomic mass is 9.53. The van der Waals surface area contributed by atoms with Gasteiger partial charge in [-0.3, -0.25) is 4.79 Å². The number of fused-ring (bicyclic) bond motifs is 1. The van der Waals surface area contributed by atoms with Gasteiger partial charge in [-0.05, 0) is 63.2 Å². The molecule has 0 unspecified atom stereocenters. The Labute approximate surface area is 139 Å². The molecule has 4 bridgehead atoms. The van der Waals surface area contributed by atoms with Crippen molar-refractivity contribution in [2.24, 2.45) is 17.8 Å².